The molecule has 2 unspecified atom stereocenters. The van der Waals surface area contributed by atoms with Gasteiger partial charge in [0, 0.05) is 12.8 Å². The molecule has 82 valence electrons. The van der Waals surface area contributed by atoms with Crippen LogP contribution < -0.4 is 0 Å². The minimum absolute atomic E-state index is 0.439. The fourth-order valence-electron chi connectivity index (χ4n) is 2.59. The first-order chi connectivity index (χ1) is 6.72. The molecule has 1 rings (SSSR count). The van der Waals surface area contributed by atoms with Crippen molar-refractivity contribution in [2.75, 3.05) is 0 Å². The van der Waals surface area contributed by atoms with Crippen LogP contribution in [0.15, 0.2) is 0 Å². The molecule has 0 radical (unpaired) electrons. The topological polar surface area (TPSA) is 17.1 Å². The van der Waals surface area contributed by atoms with Gasteiger partial charge in [-0.25, -0.2) is 0 Å². The molecule has 1 aliphatic carbocycles. The quantitative estimate of drug-likeness (QED) is 0.650. The fourth-order valence-corrected chi connectivity index (χ4v) is 2.59. The number of ketones is 1. The van der Waals surface area contributed by atoms with Crippen molar-refractivity contribution in [1.29, 1.82) is 0 Å². The van der Waals surface area contributed by atoms with Gasteiger partial charge in [0.1, 0.15) is 5.78 Å². The molecule has 0 saturated heterocycles. The summed E-state index contributed by atoms with van der Waals surface area (Å²) in [7, 11) is 0. The van der Waals surface area contributed by atoms with Gasteiger partial charge in [-0.15, -0.1) is 0 Å². The number of rotatable bonds is 5. The molecule has 0 heterocycles. The molecule has 0 spiro atoms. The maximum absolute atomic E-state index is 11.1. The molecule has 1 saturated carbocycles. The highest BCUT2D eigenvalue weighted by atomic mass is 16.1. The zero-order valence-electron chi connectivity index (χ0n) is 9.72. The first-order valence-corrected chi connectivity index (χ1v) is 6.24. The first kappa shape index (κ1) is 11.7. The smallest absolute Gasteiger partial charge is 0.132 e. The Labute approximate surface area is 88.3 Å². The second kappa shape index (κ2) is 6.21. The highest BCUT2D eigenvalue weighted by Crippen LogP contribution is 2.31. The van der Waals surface area contributed by atoms with Crippen LogP contribution in [0.2, 0.25) is 0 Å². The van der Waals surface area contributed by atoms with E-state index < -0.39 is 0 Å². The summed E-state index contributed by atoms with van der Waals surface area (Å²) in [6.45, 7) is 4.33. The summed E-state index contributed by atoms with van der Waals surface area (Å²) < 4.78 is 0. The van der Waals surface area contributed by atoms with E-state index in [1.54, 1.807) is 0 Å². The summed E-state index contributed by atoms with van der Waals surface area (Å²) in [5.41, 5.74) is 0. The van der Waals surface area contributed by atoms with E-state index in [-0.39, 0.29) is 0 Å². The monoisotopic (exact) mass is 196 g/mol. The van der Waals surface area contributed by atoms with E-state index >= 15 is 0 Å². The van der Waals surface area contributed by atoms with Gasteiger partial charge in [-0.1, -0.05) is 39.5 Å². The zero-order chi connectivity index (χ0) is 10.4. The van der Waals surface area contributed by atoms with Crippen molar-refractivity contribution in [3.63, 3.8) is 0 Å². The predicted molar refractivity (Wildman–Crippen MR) is 60.3 cm³/mol. The Bertz CT molecular complexity index is 174. The maximum Gasteiger partial charge on any atom is 0.132 e. The van der Waals surface area contributed by atoms with Crippen LogP contribution in [0.3, 0.4) is 0 Å². The van der Waals surface area contributed by atoms with E-state index in [1.165, 1.54) is 32.1 Å². The lowest BCUT2D eigenvalue weighted by Gasteiger charge is -2.26. The first-order valence-electron chi connectivity index (χ1n) is 6.24. The summed E-state index contributed by atoms with van der Waals surface area (Å²) in [4.78, 5) is 11.1. The minimum Gasteiger partial charge on any atom is -0.300 e. The average molecular weight is 196 g/mol. The predicted octanol–water partition coefficient (Wildman–Crippen LogP) is 3.96. The minimum atomic E-state index is 0.439. The lowest BCUT2D eigenvalue weighted by Crippen LogP contribution is -2.13. The van der Waals surface area contributed by atoms with Crippen molar-refractivity contribution >= 4 is 5.78 Å². The lowest BCUT2D eigenvalue weighted by molar-refractivity contribution is -0.118. The molecule has 0 amide bonds. The SMILES string of the molecule is CCC(=O)CCCC1CCCC(C)C1. The second-order valence-corrected chi connectivity index (χ2v) is 4.92. The molecule has 2 atom stereocenters. The molecule has 0 aliphatic heterocycles. The lowest BCUT2D eigenvalue weighted by atomic mass is 9.80. The molecule has 0 aromatic rings. The zero-order valence-corrected chi connectivity index (χ0v) is 9.72. The van der Waals surface area contributed by atoms with E-state index in [9.17, 15) is 4.79 Å². The van der Waals surface area contributed by atoms with Crippen molar-refractivity contribution in [3.05, 3.63) is 0 Å². The van der Waals surface area contributed by atoms with Gasteiger partial charge in [-0.2, -0.15) is 0 Å². The Kier molecular flexibility index (Phi) is 5.21. The van der Waals surface area contributed by atoms with Crippen LogP contribution in [0.25, 0.3) is 0 Å². The summed E-state index contributed by atoms with van der Waals surface area (Å²) in [6.07, 6.45) is 9.60. The van der Waals surface area contributed by atoms with Crippen LogP contribution in [0.5, 0.6) is 0 Å². The highest BCUT2D eigenvalue weighted by Gasteiger charge is 2.18. The van der Waals surface area contributed by atoms with Gasteiger partial charge in [-0.3, -0.25) is 4.79 Å². The average Bonchev–Trinajstić information content (AvgIpc) is 2.17. The Morgan fingerprint density at radius 3 is 2.79 bits per heavy atom. The van der Waals surface area contributed by atoms with E-state index in [1.807, 2.05) is 6.92 Å². The van der Waals surface area contributed by atoms with E-state index in [0.717, 1.165) is 31.1 Å². The molecule has 14 heavy (non-hydrogen) atoms. The molecule has 1 aliphatic rings. The molecular formula is C13H24O. The number of Topliss-reactive ketones (excluding diaryl/α,β-unsaturated/α-hetero) is 1. The van der Waals surface area contributed by atoms with Gasteiger partial charge >= 0.3 is 0 Å². The standard InChI is InChI=1S/C13H24O/c1-3-13(14)9-5-8-12-7-4-6-11(2)10-12/h11-12H,3-10H2,1-2H3. The highest BCUT2D eigenvalue weighted by molar-refractivity contribution is 5.77. The van der Waals surface area contributed by atoms with Crippen LogP contribution >= 0.6 is 0 Å². The maximum atomic E-state index is 11.1. The van der Waals surface area contributed by atoms with Gasteiger partial charge < -0.3 is 0 Å². The number of carbonyl (C=O) groups excluding carboxylic acids is 1. The third kappa shape index (κ3) is 4.26. The summed E-state index contributed by atoms with van der Waals surface area (Å²) in [5.74, 6) is 2.29. The van der Waals surface area contributed by atoms with Gasteiger partial charge in [-0.05, 0) is 24.7 Å². The number of carbonyl (C=O) groups is 1. The van der Waals surface area contributed by atoms with Crippen molar-refractivity contribution in [3.8, 4) is 0 Å². The molecule has 0 aromatic carbocycles. The van der Waals surface area contributed by atoms with Crippen LogP contribution in [-0.2, 0) is 4.79 Å². The van der Waals surface area contributed by atoms with Crippen LogP contribution in [0.1, 0.15) is 65.2 Å². The second-order valence-electron chi connectivity index (χ2n) is 4.92. The number of hydrogen-bond acceptors (Lipinski definition) is 1. The third-order valence-corrected chi connectivity index (χ3v) is 3.51. The van der Waals surface area contributed by atoms with Gasteiger partial charge in [0.2, 0.25) is 0 Å². The molecule has 1 nitrogen and oxygen atoms in total. The van der Waals surface area contributed by atoms with Gasteiger partial charge in [0.25, 0.3) is 0 Å². The Morgan fingerprint density at radius 1 is 1.36 bits per heavy atom. The Hall–Kier alpha value is -0.330. The number of hydrogen-bond donors (Lipinski definition) is 0. The van der Waals surface area contributed by atoms with Crippen LogP contribution in [0, 0.1) is 11.8 Å². The molecule has 0 bridgehead atoms. The molecule has 0 N–H and O–H groups in total. The van der Waals surface area contributed by atoms with Crippen LogP contribution in [-0.4, -0.2) is 5.78 Å². The van der Waals surface area contributed by atoms with Crippen molar-refractivity contribution in [2.45, 2.75) is 65.2 Å². The molecule has 1 fully saturated rings. The summed E-state index contributed by atoms with van der Waals surface area (Å²) in [5, 5.41) is 0. The van der Waals surface area contributed by atoms with Gasteiger partial charge in [0.15, 0.2) is 0 Å². The Balaban J connectivity index is 2.08. The molecule has 0 aromatic heterocycles. The normalized spacial score (nSPS) is 27.6. The van der Waals surface area contributed by atoms with E-state index in [2.05, 4.69) is 6.92 Å². The van der Waals surface area contributed by atoms with E-state index in [0.29, 0.717) is 5.78 Å². The van der Waals surface area contributed by atoms with E-state index in [4.69, 9.17) is 0 Å². The third-order valence-electron chi connectivity index (χ3n) is 3.51. The fraction of sp³-hybridized carbons (Fsp3) is 0.923. The molecule has 1 heteroatoms. The van der Waals surface area contributed by atoms with Crippen molar-refractivity contribution in [1.82, 2.24) is 0 Å². The van der Waals surface area contributed by atoms with Crippen molar-refractivity contribution in [2.24, 2.45) is 11.8 Å². The van der Waals surface area contributed by atoms with Crippen molar-refractivity contribution < 1.29 is 4.79 Å². The Morgan fingerprint density at radius 2 is 2.14 bits per heavy atom. The van der Waals surface area contributed by atoms with Gasteiger partial charge in [0.05, 0.1) is 0 Å². The van der Waals surface area contributed by atoms with Crippen LogP contribution in [0.4, 0.5) is 0 Å². The summed E-state index contributed by atoms with van der Waals surface area (Å²) >= 11 is 0. The largest absolute Gasteiger partial charge is 0.300 e. The summed E-state index contributed by atoms with van der Waals surface area (Å²) in [6, 6.07) is 0. The molecular weight excluding hydrogens is 172 g/mol.